The van der Waals surface area contributed by atoms with E-state index in [0.29, 0.717) is 28.9 Å². The lowest BCUT2D eigenvalue weighted by atomic mass is 9.63. The normalized spacial score (nSPS) is 21.7. The second-order valence-electron chi connectivity index (χ2n) is 9.24. The van der Waals surface area contributed by atoms with Crippen molar-refractivity contribution in [2.45, 2.75) is 33.6 Å². The Morgan fingerprint density at radius 3 is 2.56 bits per heavy atom. The summed E-state index contributed by atoms with van der Waals surface area (Å²) in [6, 6.07) is 15.4. The maximum absolute atomic E-state index is 14.5. The number of nitriles is 1. The lowest BCUT2D eigenvalue weighted by Crippen LogP contribution is -2.44. The Bertz CT molecular complexity index is 1220. The summed E-state index contributed by atoms with van der Waals surface area (Å²) in [6.45, 7) is 13.9. The van der Waals surface area contributed by atoms with Gasteiger partial charge in [0, 0.05) is 11.8 Å². The van der Waals surface area contributed by atoms with Crippen LogP contribution in [0.2, 0.25) is 0 Å². The molecule has 0 heterocycles. The second kappa shape index (κ2) is 9.96. The van der Waals surface area contributed by atoms with E-state index in [4.69, 9.17) is 0 Å². The van der Waals surface area contributed by atoms with Crippen molar-refractivity contribution in [3.63, 3.8) is 0 Å². The Kier molecular flexibility index (Phi) is 7.26. The topological polar surface area (TPSA) is 77.6 Å². The van der Waals surface area contributed by atoms with Crippen LogP contribution in [0.25, 0.3) is 5.70 Å². The van der Waals surface area contributed by atoms with Gasteiger partial charge >= 0.3 is 0 Å². The number of carbonyl (C=O) groups is 1. The van der Waals surface area contributed by atoms with Gasteiger partial charge in [0.05, 0.1) is 22.4 Å². The molecule has 0 radical (unpaired) electrons. The van der Waals surface area contributed by atoms with Gasteiger partial charge in [0.2, 0.25) is 5.91 Å². The Balaban J connectivity index is 1.91. The third kappa shape index (κ3) is 4.60. The molecule has 1 unspecified atom stereocenters. The molecule has 2 aromatic rings. The van der Waals surface area contributed by atoms with E-state index < -0.39 is 16.6 Å². The molecule has 1 saturated carbocycles. The number of amides is 1. The number of benzene rings is 2. The summed E-state index contributed by atoms with van der Waals surface area (Å²) < 4.78 is 14.5. The number of nitrogens with one attached hydrogen (secondary N) is 1. The van der Waals surface area contributed by atoms with E-state index in [1.807, 2.05) is 20.8 Å². The molecule has 6 heteroatoms. The highest BCUT2D eigenvalue weighted by molar-refractivity contribution is 5.97. The van der Waals surface area contributed by atoms with E-state index in [2.05, 4.69) is 34.8 Å². The number of halogens is 1. The zero-order valence-corrected chi connectivity index (χ0v) is 19.8. The van der Waals surface area contributed by atoms with Crippen LogP contribution in [0.4, 0.5) is 10.1 Å². The first-order valence-electron chi connectivity index (χ1n) is 11.1. The fourth-order valence-corrected chi connectivity index (χ4v) is 4.71. The van der Waals surface area contributed by atoms with Crippen molar-refractivity contribution in [3.8, 4) is 6.07 Å². The van der Waals surface area contributed by atoms with Crippen LogP contribution < -0.4 is 5.32 Å². The molecule has 0 saturated heterocycles. The van der Waals surface area contributed by atoms with Crippen LogP contribution in [-0.2, 0) is 4.79 Å². The van der Waals surface area contributed by atoms with E-state index in [9.17, 15) is 14.4 Å². The number of carbonyl (C=O) groups excluding carboxylic acids is 1. The monoisotopic (exact) mass is 456 g/mol. The van der Waals surface area contributed by atoms with Gasteiger partial charge in [-0.3, -0.25) is 4.79 Å². The standard InChI is InChI=1S/C28H29FN4O/c1-6-31-33-25(21-12-8-9-13-23(21)29)17-19(2)22-15-16-28(5,27(22,3)4)26(34)32-24-14-10-7-11-20(24)18-30/h6-14,17,22H,1-2,15-16H2,3-5H3,(H,32,34)/b25-17-,33-31-/t22-,28?/m0/s1. The molecule has 3 rings (SSSR count). The predicted molar refractivity (Wildman–Crippen MR) is 133 cm³/mol. The molecule has 34 heavy (non-hydrogen) atoms. The van der Waals surface area contributed by atoms with E-state index in [-0.39, 0.29) is 11.8 Å². The lowest BCUT2D eigenvalue weighted by molar-refractivity contribution is -0.130. The molecule has 1 fully saturated rings. The van der Waals surface area contributed by atoms with Crippen molar-refractivity contribution in [3.05, 3.63) is 96.5 Å². The summed E-state index contributed by atoms with van der Waals surface area (Å²) in [5.41, 5.74) is 1.15. The highest BCUT2D eigenvalue weighted by Crippen LogP contribution is 2.58. The van der Waals surface area contributed by atoms with Gasteiger partial charge in [-0.15, -0.1) is 0 Å². The quantitative estimate of drug-likeness (QED) is 0.351. The maximum Gasteiger partial charge on any atom is 0.230 e. The van der Waals surface area contributed by atoms with E-state index in [0.717, 1.165) is 12.0 Å². The number of azo groups is 1. The van der Waals surface area contributed by atoms with Gasteiger partial charge in [0.1, 0.15) is 11.9 Å². The third-order valence-electron chi connectivity index (χ3n) is 7.19. The van der Waals surface area contributed by atoms with Crippen LogP contribution >= 0.6 is 0 Å². The molecule has 1 amide bonds. The summed E-state index contributed by atoms with van der Waals surface area (Å²) in [6.07, 6.45) is 4.40. The van der Waals surface area contributed by atoms with Crippen molar-refractivity contribution in [1.29, 1.82) is 5.26 Å². The molecule has 0 aliphatic heterocycles. The van der Waals surface area contributed by atoms with Crippen LogP contribution in [0.1, 0.15) is 44.7 Å². The molecule has 1 aliphatic rings. The highest BCUT2D eigenvalue weighted by Gasteiger charge is 2.56. The fraction of sp³-hybridized carbons (Fsp3) is 0.286. The Labute approximate surface area is 200 Å². The molecule has 1 aliphatic carbocycles. The molecule has 2 aromatic carbocycles. The van der Waals surface area contributed by atoms with Gasteiger partial charge in [-0.2, -0.15) is 15.5 Å². The maximum atomic E-state index is 14.5. The molecule has 1 N–H and O–H groups in total. The molecular weight excluding hydrogens is 427 g/mol. The molecule has 0 spiro atoms. The predicted octanol–water partition coefficient (Wildman–Crippen LogP) is 7.27. The van der Waals surface area contributed by atoms with Crippen molar-refractivity contribution >= 4 is 17.3 Å². The van der Waals surface area contributed by atoms with Crippen LogP contribution in [0, 0.1) is 33.9 Å². The van der Waals surface area contributed by atoms with Gasteiger partial charge in [0.15, 0.2) is 0 Å². The Hall–Kier alpha value is -3.85. The van der Waals surface area contributed by atoms with Gasteiger partial charge in [-0.05, 0) is 60.1 Å². The van der Waals surface area contributed by atoms with Crippen LogP contribution in [0.3, 0.4) is 0 Å². The van der Waals surface area contributed by atoms with E-state index in [1.54, 1.807) is 48.5 Å². The summed E-state index contributed by atoms with van der Waals surface area (Å²) >= 11 is 0. The smallest absolute Gasteiger partial charge is 0.230 e. The molecule has 2 atom stereocenters. The first-order chi connectivity index (χ1) is 16.2. The molecule has 5 nitrogen and oxygen atoms in total. The third-order valence-corrected chi connectivity index (χ3v) is 7.19. The number of para-hydroxylation sites is 1. The first kappa shape index (κ1) is 24.8. The zero-order chi connectivity index (χ0) is 24.9. The van der Waals surface area contributed by atoms with Gasteiger partial charge in [-0.25, -0.2) is 4.39 Å². The van der Waals surface area contributed by atoms with Crippen molar-refractivity contribution < 1.29 is 9.18 Å². The Morgan fingerprint density at radius 2 is 1.88 bits per heavy atom. The minimum atomic E-state index is -0.711. The molecule has 0 bridgehead atoms. The number of hydrogen-bond donors (Lipinski definition) is 1. The fourth-order valence-electron chi connectivity index (χ4n) is 4.71. The van der Waals surface area contributed by atoms with Crippen LogP contribution in [0.5, 0.6) is 0 Å². The molecule has 174 valence electrons. The second-order valence-corrected chi connectivity index (χ2v) is 9.24. The van der Waals surface area contributed by atoms with Crippen LogP contribution in [-0.4, -0.2) is 5.91 Å². The van der Waals surface area contributed by atoms with Crippen molar-refractivity contribution in [1.82, 2.24) is 0 Å². The summed E-state index contributed by atoms with van der Waals surface area (Å²) in [5.74, 6) is -0.592. The minimum Gasteiger partial charge on any atom is -0.324 e. The minimum absolute atomic E-state index is 0.0461. The number of nitrogens with zero attached hydrogens (tertiary/aromatic N) is 3. The van der Waals surface area contributed by atoms with Gasteiger partial charge in [-0.1, -0.05) is 58.2 Å². The largest absolute Gasteiger partial charge is 0.324 e. The summed E-state index contributed by atoms with van der Waals surface area (Å²) in [7, 11) is 0. The Morgan fingerprint density at radius 1 is 1.21 bits per heavy atom. The number of rotatable bonds is 7. The number of hydrogen-bond acceptors (Lipinski definition) is 4. The SMILES string of the molecule is C=C/N=N\C(=C/C(=C)[C@@H]1CCC(C)(C(=O)Nc2ccccc2C#N)C1(C)C)c1ccccc1F. The molecular formula is C28H29FN4O. The van der Waals surface area contributed by atoms with E-state index >= 15 is 0 Å². The molecule has 0 aromatic heterocycles. The van der Waals surface area contributed by atoms with Crippen molar-refractivity contribution in [2.24, 2.45) is 27.0 Å². The van der Waals surface area contributed by atoms with Gasteiger partial charge < -0.3 is 5.32 Å². The van der Waals surface area contributed by atoms with Gasteiger partial charge in [0.25, 0.3) is 0 Å². The highest BCUT2D eigenvalue weighted by atomic mass is 19.1. The summed E-state index contributed by atoms with van der Waals surface area (Å²) in [5, 5.41) is 20.3. The number of allylic oxidation sites excluding steroid dienone is 2. The number of anilines is 1. The average molecular weight is 457 g/mol. The summed E-state index contributed by atoms with van der Waals surface area (Å²) in [4.78, 5) is 13.5. The van der Waals surface area contributed by atoms with E-state index in [1.165, 1.54) is 12.3 Å². The average Bonchev–Trinajstić information content (AvgIpc) is 3.07. The van der Waals surface area contributed by atoms with Crippen LogP contribution in [0.15, 0.2) is 89.8 Å². The van der Waals surface area contributed by atoms with Crippen molar-refractivity contribution in [2.75, 3.05) is 5.32 Å². The lowest BCUT2D eigenvalue weighted by Gasteiger charge is -2.41. The zero-order valence-electron chi connectivity index (χ0n) is 19.8. The first-order valence-corrected chi connectivity index (χ1v) is 11.1.